The standard InChI is InChI=1S/C7H10O2/c8-7-4-5-2-1-3-6(5)9-7/h1,3,5-8H,2,4H2/t5-,6?,7?/m1/s1. The lowest BCUT2D eigenvalue weighted by Crippen LogP contribution is -2.07. The maximum atomic E-state index is 8.98. The van der Waals surface area contributed by atoms with Gasteiger partial charge in [0.15, 0.2) is 6.29 Å². The van der Waals surface area contributed by atoms with Gasteiger partial charge in [0, 0.05) is 6.42 Å². The van der Waals surface area contributed by atoms with Crippen LogP contribution in [0.2, 0.25) is 0 Å². The molecule has 1 N–H and O–H groups in total. The van der Waals surface area contributed by atoms with Crippen molar-refractivity contribution in [3.05, 3.63) is 12.2 Å². The number of hydrogen-bond acceptors (Lipinski definition) is 2. The second kappa shape index (κ2) is 1.82. The van der Waals surface area contributed by atoms with Crippen LogP contribution in [0.4, 0.5) is 0 Å². The van der Waals surface area contributed by atoms with Crippen molar-refractivity contribution in [2.24, 2.45) is 5.92 Å². The molecule has 2 unspecified atom stereocenters. The number of rotatable bonds is 0. The van der Waals surface area contributed by atoms with E-state index < -0.39 is 6.29 Å². The first kappa shape index (κ1) is 5.45. The molecule has 1 heterocycles. The summed E-state index contributed by atoms with van der Waals surface area (Å²) in [7, 11) is 0. The Morgan fingerprint density at radius 2 is 2.44 bits per heavy atom. The van der Waals surface area contributed by atoms with Gasteiger partial charge in [0.05, 0.1) is 6.10 Å². The molecule has 0 bridgehead atoms. The molecule has 0 aromatic carbocycles. The SMILES string of the molecule is OC1C[C@H]2CC=CC2O1. The summed E-state index contributed by atoms with van der Waals surface area (Å²) >= 11 is 0. The summed E-state index contributed by atoms with van der Waals surface area (Å²) in [5, 5.41) is 8.98. The van der Waals surface area contributed by atoms with Gasteiger partial charge in [-0.15, -0.1) is 0 Å². The molecule has 9 heavy (non-hydrogen) atoms. The van der Waals surface area contributed by atoms with E-state index in [1.807, 2.05) is 6.08 Å². The third kappa shape index (κ3) is 0.787. The Balaban J connectivity index is 2.08. The fraction of sp³-hybridized carbons (Fsp3) is 0.714. The second-order valence-corrected chi connectivity index (χ2v) is 2.71. The van der Waals surface area contributed by atoms with Crippen LogP contribution < -0.4 is 0 Å². The summed E-state index contributed by atoms with van der Waals surface area (Å²) in [5.74, 6) is 0.569. The molecule has 0 aromatic rings. The van der Waals surface area contributed by atoms with Gasteiger partial charge < -0.3 is 9.84 Å². The minimum Gasteiger partial charge on any atom is -0.368 e. The summed E-state index contributed by atoms with van der Waals surface area (Å²) in [6, 6.07) is 0. The molecule has 0 spiro atoms. The van der Waals surface area contributed by atoms with Crippen molar-refractivity contribution in [2.45, 2.75) is 25.2 Å². The van der Waals surface area contributed by atoms with Crippen LogP contribution in [0.15, 0.2) is 12.2 Å². The number of aliphatic hydroxyl groups is 1. The van der Waals surface area contributed by atoms with Gasteiger partial charge in [-0.3, -0.25) is 0 Å². The highest BCUT2D eigenvalue weighted by Gasteiger charge is 2.34. The largest absolute Gasteiger partial charge is 0.368 e. The van der Waals surface area contributed by atoms with Gasteiger partial charge in [0.2, 0.25) is 0 Å². The zero-order chi connectivity index (χ0) is 6.27. The first-order valence-electron chi connectivity index (χ1n) is 3.36. The highest BCUT2D eigenvalue weighted by molar-refractivity contribution is 5.05. The number of allylic oxidation sites excluding steroid dienone is 1. The number of hydrogen-bond donors (Lipinski definition) is 1. The van der Waals surface area contributed by atoms with Crippen molar-refractivity contribution >= 4 is 0 Å². The van der Waals surface area contributed by atoms with Crippen molar-refractivity contribution in [1.29, 1.82) is 0 Å². The van der Waals surface area contributed by atoms with E-state index in [1.54, 1.807) is 0 Å². The van der Waals surface area contributed by atoms with E-state index in [0.29, 0.717) is 5.92 Å². The summed E-state index contributed by atoms with van der Waals surface area (Å²) < 4.78 is 5.15. The topological polar surface area (TPSA) is 29.5 Å². The number of aliphatic hydroxyl groups excluding tert-OH is 1. The molecule has 1 saturated heterocycles. The van der Waals surface area contributed by atoms with Crippen molar-refractivity contribution in [3.63, 3.8) is 0 Å². The molecule has 2 heteroatoms. The van der Waals surface area contributed by atoms with Gasteiger partial charge in [-0.1, -0.05) is 12.2 Å². The van der Waals surface area contributed by atoms with Crippen molar-refractivity contribution in [2.75, 3.05) is 0 Å². The van der Waals surface area contributed by atoms with Gasteiger partial charge in [-0.2, -0.15) is 0 Å². The van der Waals surface area contributed by atoms with Crippen molar-refractivity contribution in [1.82, 2.24) is 0 Å². The highest BCUT2D eigenvalue weighted by Crippen LogP contribution is 2.33. The fourth-order valence-corrected chi connectivity index (χ4v) is 1.56. The molecular formula is C7H10O2. The molecule has 2 aliphatic rings. The van der Waals surface area contributed by atoms with Crippen LogP contribution in [0.1, 0.15) is 12.8 Å². The molecule has 0 radical (unpaired) electrons. The average Bonchev–Trinajstić information content (AvgIpc) is 2.22. The maximum absolute atomic E-state index is 8.98. The van der Waals surface area contributed by atoms with Crippen LogP contribution in [0, 0.1) is 5.92 Å². The van der Waals surface area contributed by atoms with Gasteiger partial charge in [0.25, 0.3) is 0 Å². The zero-order valence-electron chi connectivity index (χ0n) is 5.16. The maximum Gasteiger partial charge on any atom is 0.155 e. The van der Waals surface area contributed by atoms with Gasteiger partial charge >= 0.3 is 0 Å². The predicted molar refractivity (Wildman–Crippen MR) is 32.7 cm³/mol. The monoisotopic (exact) mass is 126 g/mol. The summed E-state index contributed by atoms with van der Waals surface area (Å²) in [5.41, 5.74) is 0. The number of fused-ring (bicyclic) bond motifs is 1. The lowest BCUT2D eigenvalue weighted by atomic mass is 10.0. The Morgan fingerprint density at radius 3 is 3.22 bits per heavy atom. The van der Waals surface area contributed by atoms with E-state index in [1.165, 1.54) is 0 Å². The van der Waals surface area contributed by atoms with Crippen molar-refractivity contribution < 1.29 is 9.84 Å². The average molecular weight is 126 g/mol. The van der Waals surface area contributed by atoms with E-state index in [4.69, 9.17) is 9.84 Å². The fourth-order valence-electron chi connectivity index (χ4n) is 1.56. The Labute approximate surface area is 54.1 Å². The quantitative estimate of drug-likeness (QED) is 0.483. The smallest absolute Gasteiger partial charge is 0.155 e. The molecule has 2 nitrogen and oxygen atoms in total. The molecular weight excluding hydrogens is 116 g/mol. The van der Waals surface area contributed by atoms with E-state index in [0.717, 1.165) is 12.8 Å². The van der Waals surface area contributed by atoms with Crippen LogP contribution in [0.25, 0.3) is 0 Å². The van der Waals surface area contributed by atoms with Crippen LogP contribution >= 0.6 is 0 Å². The zero-order valence-corrected chi connectivity index (χ0v) is 5.16. The van der Waals surface area contributed by atoms with E-state index in [2.05, 4.69) is 6.08 Å². The molecule has 50 valence electrons. The second-order valence-electron chi connectivity index (χ2n) is 2.71. The molecule has 0 aromatic heterocycles. The van der Waals surface area contributed by atoms with E-state index in [-0.39, 0.29) is 6.10 Å². The molecule has 1 aliphatic heterocycles. The molecule has 2 rings (SSSR count). The molecule has 1 fully saturated rings. The Hall–Kier alpha value is -0.340. The first-order chi connectivity index (χ1) is 4.36. The summed E-state index contributed by atoms with van der Waals surface area (Å²) in [6.45, 7) is 0. The Kier molecular flexibility index (Phi) is 1.10. The highest BCUT2D eigenvalue weighted by atomic mass is 16.6. The van der Waals surface area contributed by atoms with Crippen LogP contribution in [-0.4, -0.2) is 17.5 Å². The molecule has 1 aliphatic carbocycles. The van der Waals surface area contributed by atoms with E-state index >= 15 is 0 Å². The van der Waals surface area contributed by atoms with Crippen LogP contribution in [0.5, 0.6) is 0 Å². The van der Waals surface area contributed by atoms with Crippen LogP contribution in [-0.2, 0) is 4.74 Å². The lowest BCUT2D eigenvalue weighted by molar-refractivity contribution is -0.0781. The summed E-state index contributed by atoms with van der Waals surface area (Å²) in [6.07, 6.45) is 5.80. The predicted octanol–water partition coefficient (Wildman–Crippen LogP) is 0.670. The van der Waals surface area contributed by atoms with Crippen molar-refractivity contribution in [3.8, 4) is 0 Å². The van der Waals surface area contributed by atoms with Gasteiger partial charge in [-0.25, -0.2) is 0 Å². The molecule has 0 saturated carbocycles. The third-order valence-electron chi connectivity index (χ3n) is 2.05. The molecule has 0 amide bonds. The lowest BCUT2D eigenvalue weighted by Gasteiger charge is -2.03. The van der Waals surface area contributed by atoms with Crippen LogP contribution in [0.3, 0.4) is 0 Å². The minimum absolute atomic E-state index is 0.222. The molecule has 3 atom stereocenters. The Bertz CT molecular complexity index is 142. The first-order valence-corrected chi connectivity index (χ1v) is 3.36. The normalized spacial score (nSPS) is 47.9. The Morgan fingerprint density at radius 1 is 1.56 bits per heavy atom. The van der Waals surface area contributed by atoms with Gasteiger partial charge in [-0.05, 0) is 12.3 Å². The minimum atomic E-state index is -0.495. The summed E-state index contributed by atoms with van der Waals surface area (Å²) in [4.78, 5) is 0. The van der Waals surface area contributed by atoms with E-state index in [9.17, 15) is 0 Å². The van der Waals surface area contributed by atoms with Gasteiger partial charge in [0.1, 0.15) is 0 Å². The third-order valence-corrected chi connectivity index (χ3v) is 2.05. The number of ether oxygens (including phenoxy) is 1.